The van der Waals surface area contributed by atoms with Crippen LogP contribution in [0.5, 0.6) is 0 Å². The Bertz CT molecular complexity index is 1190. The van der Waals surface area contributed by atoms with Gasteiger partial charge in [-0.25, -0.2) is 4.39 Å². The SMILES string of the molecule is Cc1ccc(N2C(=O)CS[C@@H]2c2ccc(NC(=O)c3ccc(C(F)(F)F)cc3)cc2)cc1F. The number of benzene rings is 3. The van der Waals surface area contributed by atoms with E-state index in [0.717, 1.165) is 29.8 Å². The normalized spacial score (nSPS) is 16.2. The van der Waals surface area contributed by atoms with E-state index >= 15 is 0 Å². The number of hydrogen-bond acceptors (Lipinski definition) is 3. The molecule has 3 aromatic carbocycles. The summed E-state index contributed by atoms with van der Waals surface area (Å²) in [5.41, 5.74) is 1.47. The molecule has 1 aliphatic rings. The van der Waals surface area contributed by atoms with Crippen molar-refractivity contribution < 1.29 is 27.2 Å². The van der Waals surface area contributed by atoms with Crippen molar-refractivity contribution in [2.24, 2.45) is 0 Å². The summed E-state index contributed by atoms with van der Waals surface area (Å²) in [6, 6.07) is 15.4. The van der Waals surface area contributed by atoms with E-state index in [2.05, 4.69) is 5.32 Å². The molecule has 4 nitrogen and oxygen atoms in total. The Morgan fingerprint density at radius 2 is 1.70 bits per heavy atom. The van der Waals surface area contributed by atoms with Crippen LogP contribution in [0.4, 0.5) is 28.9 Å². The largest absolute Gasteiger partial charge is 0.416 e. The topological polar surface area (TPSA) is 49.4 Å². The fourth-order valence-corrected chi connectivity index (χ4v) is 4.60. The number of rotatable bonds is 4. The maximum absolute atomic E-state index is 14.0. The van der Waals surface area contributed by atoms with Crippen molar-refractivity contribution in [2.75, 3.05) is 16.0 Å². The van der Waals surface area contributed by atoms with Gasteiger partial charge in [0.05, 0.1) is 11.3 Å². The Kier molecular flexibility index (Phi) is 6.16. The highest BCUT2D eigenvalue weighted by Crippen LogP contribution is 2.42. The molecule has 1 heterocycles. The maximum atomic E-state index is 14.0. The van der Waals surface area contributed by atoms with Gasteiger partial charge in [-0.3, -0.25) is 14.5 Å². The van der Waals surface area contributed by atoms with E-state index in [4.69, 9.17) is 0 Å². The van der Waals surface area contributed by atoms with E-state index in [-0.39, 0.29) is 22.6 Å². The summed E-state index contributed by atoms with van der Waals surface area (Å²) in [4.78, 5) is 26.4. The van der Waals surface area contributed by atoms with E-state index in [1.165, 1.54) is 17.8 Å². The van der Waals surface area contributed by atoms with Crippen molar-refractivity contribution in [3.05, 3.63) is 94.8 Å². The number of carbonyl (C=O) groups excluding carboxylic acids is 2. The first-order chi connectivity index (χ1) is 15.6. The number of carbonyl (C=O) groups is 2. The predicted molar refractivity (Wildman–Crippen MR) is 120 cm³/mol. The van der Waals surface area contributed by atoms with Gasteiger partial charge >= 0.3 is 6.18 Å². The molecule has 0 spiro atoms. The van der Waals surface area contributed by atoms with Crippen molar-refractivity contribution in [3.63, 3.8) is 0 Å². The van der Waals surface area contributed by atoms with Crippen molar-refractivity contribution in [1.29, 1.82) is 0 Å². The second kappa shape index (κ2) is 8.90. The van der Waals surface area contributed by atoms with E-state index in [9.17, 15) is 27.2 Å². The molecule has 1 N–H and O–H groups in total. The highest BCUT2D eigenvalue weighted by Gasteiger charge is 2.34. The molecule has 3 aromatic rings. The summed E-state index contributed by atoms with van der Waals surface area (Å²) in [7, 11) is 0. The minimum absolute atomic E-state index is 0.0941. The van der Waals surface area contributed by atoms with Crippen molar-refractivity contribution in [3.8, 4) is 0 Å². The quantitative estimate of drug-likeness (QED) is 0.459. The zero-order chi connectivity index (χ0) is 23.8. The lowest BCUT2D eigenvalue weighted by atomic mass is 10.1. The fraction of sp³-hybridized carbons (Fsp3) is 0.167. The Balaban J connectivity index is 1.49. The summed E-state index contributed by atoms with van der Waals surface area (Å²) < 4.78 is 52.1. The van der Waals surface area contributed by atoms with Crippen LogP contribution in [-0.2, 0) is 11.0 Å². The molecule has 0 saturated carbocycles. The van der Waals surface area contributed by atoms with Gasteiger partial charge < -0.3 is 5.32 Å². The minimum Gasteiger partial charge on any atom is -0.322 e. The average molecular weight is 474 g/mol. The van der Waals surface area contributed by atoms with Crippen molar-refractivity contribution >= 4 is 35.0 Å². The van der Waals surface area contributed by atoms with Gasteiger partial charge in [-0.1, -0.05) is 18.2 Å². The first kappa shape index (κ1) is 22.8. The van der Waals surface area contributed by atoms with Crippen LogP contribution in [0.1, 0.15) is 32.4 Å². The average Bonchev–Trinajstić information content (AvgIpc) is 3.17. The Labute approximate surface area is 191 Å². The van der Waals surface area contributed by atoms with Crippen molar-refractivity contribution in [2.45, 2.75) is 18.5 Å². The highest BCUT2D eigenvalue weighted by atomic mass is 32.2. The molecule has 0 aromatic heterocycles. The van der Waals surface area contributed by atoms with E-state index in [1.54, 1.807) is 48.2 Å². The first-order valence-electron chi connectivity index (χ1n) is 9.92. The number of thioether (sulfide) groups is 1. The number of alkyl halides is 3. The second-order valence-corrected chi connectivity index (χ2v) is 8.58. The van der Waals surface area contributed by atoms with Gasteiger partial charge in [0.1, 0.15) is 11.2 Å². The molecule has 33 heavy (non-hydrogen) atoms. The molecule has 4 rings (SSSR count). The number of amides is 2. The second-order valence-electron chi connectivity index (χ2n) is 7.51. The zero-order valence-corrected chi connectivity index (χ0v) is 18.1. The summed E-state index contributed by atoms with van der Waals surface area (Å²) in [6.45, 7) is 1.65. The van der Waals surface area contributed by atoms with Crippen LogP contribution in [0.25, 0.3) is 0 Å². The predicted octanol–water partition coefficient (Wildman–Crippen LogP) is 6.18. The Hall–Kier alpha value is -3.33. The van der Waals surface area contributed by atoms with Gasteiger partial charge in [0.25, 0.3) is 5.91 Å². The summed E-state index contributed by atoms with van der Waals surface area (Å²) in [5, 5.41) is 2.29. The maximum Gasteiger partial charge on any atom is 0.416 e. The molecule has 2 amide bonds. The van der Waals surface area contributed by atoms with Crippen LogP contribution in [0.15, 0.2) is 66.7 Å². The molecule has 0 unspecified atom stereocenters. The number of nitrogens with zero attached hydrogens (tertiary/aromatic N) is 1. The standard InChI is InChI=1S/C24H18F4N2O2S/c1-14-2-11-19(12-20(14)25)30-21(31)13-33-23(30)16-5-9-18(10-6-16)29-22(32)15-3-7-17(8-4-15)24(26,27)28/h2-12,23H,13H2,1H3,(H,29,32)/t23-/m1/s1. The number of halogens is 4. The molecule has 1 fully saturated rings. The number of nitrogens with one attached hydrogen (secondary N) is 1. The molecule has 0 bridgehead atoms. The van der Waals surface area contributed by atoms with Crippen LogP contribution >= 0.6 is 11.8 Å². The van der Waals surface area contributed by atoms with Gasteiger partial charge in [0, 0.05) is 16.9 Å². The molecule has 1 saturated heterocycles. The third-order valence-corrected chi connectivity index (χ3v) is 6.44. The molecule has 0 radical (unpaired) electrons. The van der Waals surface area contributed by atoms with Crippen LogP contribution < -0.4 is 10.2 Å². The lowest BCUT2D eigenvalue weighted by Crippen LogP contribution is -2.28. The smallest absolute Gasteiger partial charge is 0.322 e. The Morgan fingerprint density at radius 3 is 2.30 bits per heavy atom. The van der Waals surface area contributed by atoms with Gasteiger partial charge in [-0.2, -0.15) is 13.2 Å². The zero-order valence-electron chi connectivity index (χ0n) is 17.3. The third kappa shape index (κ3) is 4.88. The fourth-order valence-electron chi connectivity index (χ4n) is 3.43. The van der Waals surface area contributed by atoms with Gasteiger partial charge in [0.15, 0.2) is 0 Å². The molecule has 170 valence electrons. The van der Waals surface area contributed by atoms with Gasteiger partial charge in [-0.15, -0.1) is 11.8 Å². The minimum atomic E-state index is -4.47. The molecule has 1 aliphatic heterocycles. The molecule has 1 atom stereocenters. The number of aryl methyl sites for hydroxylation is 1. The Morgan fingerprint density at radius 1 is 1.03 bits per heavy atom. The number of anilines is 2. The molecular weight excluding hydrogens is 456 g/mol. The van der Waals surface area contributed by atoms with Gasteiger partial charge in [0.2, 0.25) is 5.91 Å². The lowest BCUT2D eigenvalue weighted by Gasteiger charge is -2.25. The van der Waals surface area contributed by atoms with Crippen LogP contribution in [0.2, 0.25) is 0 Å². The van der Waals surface area contributed by atoms with Gasteiger partial charge in [-0.05, 0) is 66.6 Å². The third-order valence-electron chi connectivity index (χ3n) is 5.23. The van der Waals surface area contributed by atoms with Crippen LogP contribution in [0, 0.1) is 12.7 Å². The van der Waals surface area contributed by atoms with E-state index in [0.29, 0.717) is 16.9 Å². The first-order valence-corrected chi connectivity index (χ1v) is 11.0. The molecule has 0 aliphatic carbocycles. The van der Waals surface area contributed by atoms with Crippen LogP contribution in [0.3, 0.4) is 0 Å². The summed E-state index contributed by atoms with van der Waals surface area (Å²) in [6.07, 6.45) is -4.47. The number of hydrogen-bond donors (Lipinski definition) is 1. The van der Waals surface area contributed by atoms with Crippen molar-refractivity contribution in [1.82, 2.24) is 0 Å². The molecular formula is C24H18F4N2O2S. The lowest BCUT2D eigenvalue weighted by molar-refractivity contribution is -0.137. The summed E-state index contributed by atoms with van der Waals surface area (Å²) in [5.74, 6) is -0.809. The van der Waals surface area contributed by atoms with E-state index < -0.39 is 23.5 Å². The highest BCUT2D eigenvalue weighted by molar-refractivity contribution is 8.00. The van der Waals surface area contributed by atoms with Crippen LogP contribution in [-0.4, -0.2) is 17.6 Å². The summed E-state index contributed by atoms with van der Waals surface area (Å²) >= 11 is 1.41. The molecule has 9 heteroatoms. The van der Waals surface area contributed by atoms with E-state index in [1.807, 2.05) is 0 Å². The monoisotopic (exact) mass is 474 g/mol.